The number of rotatable bonds is 4. The van der Waals surface area contributed by atoms with Gasteiger partial charge in [-0.25, -0.2) is 8.42 Å². The van der Waals surface area contributed by atoms with E-state index in [0.717, 1.165) is 12.0 Å². The molecule has 3 nitrogen and oxygen atoms in total. The van der Waals surface area contributed by atoms with E-state index in [0.29, 0.717) is 6.54 Å². The van der Waals surface area contributed by atoms with Crippen LogP contribution in [0.5, 0.6) is 0 Å². The van der Waals surface area contributed by atoms with E-state index < -0.39 is 10.0 Å². The van der Waals surface area contributed by atoms with Gasteiger partial charge in [0.2, 0.25) is 0 Å². The van der Waals surface area contributed by atoms with Gasteiger partial charge in [0.25, 0.3) is 0 Å². The van der Waals surface area contributed by atoms with E-state index in [4.69, 9.17) is 0 Å². The zero-order valence-corrected chi connectivity index (χ0v) is 10.2. The molecule has 0 saturated heterocycles. The van der Waals surface area contributed by atoms with Crippen molar-refractivity contribution < 1.29 is 27.3 Å². The number of benzene rings is 1. The van der Waals surface area contributed by atoms with Crippen LogP contribution in [0, 0.1) is 6.92 Å². The van der Waals surface area contributed by atoms with Gasteiger partial charge in [-0.15, -0.1) is 6.54 Å². The van der Waals surface area contributed by atoms with Crippen LogP contribution >= 0.6 is 0 Å². The fourth-order valence-corrected chi connectivity index (χ4v) is 2.05. The van der Waals surface area contributed by atoms with Gasteiger partial charge in [0, 0.05) is 4.90 Å². The Bertz CT molecular complexity index is 386. The van der Waals surface area contributed by atoms with Gasteiger partial charge in [-0.05, 0) is 19.1 Å². The average molecular weight is 219 g/mol. The first-order valence-electron chi connectivity index (χ1n) is 4.56. The van der Waals surface area contributed by atoms with E-state index in [1.54, 1.807) is 24.3 Å². The Kier molecular flexibility index (Phi) is 6.23. The van der Waals surface area contributed by atoms with Gasteiger partial charge in [0.05, 0.1) is 0 Å². The Morgan fingerprint density at radius 3 is 2.20 bits per heavy atom. The molecular formula is C10H14LiNO2S. The quantitative estimate of drug-likeness (QED) is 0.639. The van der Waals surface area contributed by atoms with E-state index in [2.05, 4.69) is 4.72 Å². The second-order valence-corrected chi connectivity index (χ2v) is 4.82. The van der Waals surface area contributed by atoms with Crippen LogP contribution in [0.1, 0.15) is 18.9 Å². The second kappa shape index (κ2) is 6.34. The van der Waals surface area contributed by atoms with Crippen molar-refractivity contribution in [2.45, 2.75) is 25.2 Å². The van der Waals surface area contributed by atoms with Crippen LogP contribution in [-0.2, 0) is 10.0 Å². The number of aryl methyl sites for hydroxylation is 1. The van der Waals surface area contributed by atoms with Crippen LogP contribution in [0.4, 0.5) is 0 Å². The molecule has 1 aromatic rings. The van der Waals surface area contributed by atoms with Crippen molar-refractivity contribution >= 4 is 10.0 Å². The summed E-state index contributed by atoms with van der Waals surface area (Å²) in [6, 6.07) is 6.72. The molecule has 0 spiro atoms. The molecule has 5 heteroatoms. The van der Waals surface area contributed by atoms with Gasteiger partial charge in [0.15, 0.2) is 0 Å². The van der Waals surface area contributed by atoms with Crippen molar-refractivity contribution in [3.8, 4) is 0 Å². The maximum absolute atomic E-state index is 11.5. The fourth-order valence-electron chi connectivity index (χ4n) is 0.996. The van der Waals surface area contributed by atoms with Crippen LogP contribution in [0.25, 0.3) is 4.72 Å². The minimum atomic E-state index is -3.41. The summed E-state index contributed by atoms with van der Waals surface area (Å²) in [4.78, 5) is 0.275. The van der Waals surface area contributed by atoms with Gasteiger partial charge in [-0.2, -0.15) is 0 Å². The molecule has 0 aliphatic rings. The van der Waals surface area contributed by atoms with Crippen molar-refractivity contribution in [3.05, 3.63) is 34.6 Å². The minimum Gasteiger partial charge on any atom is -0.545 e. The van der Waals surface area contributed by atoms with E-state index in [1.165, 1.54) is 0 Å². The average Bonchev–Trinajstić information content (AvgIpc) is 2.16. The number of hydrogen-bond donors (Lipinski definition) is 0. The molecule has 78 valence electrons. The molecule has 0 heterocycles. The Morgan fingerprint density at radius 1 is 1.20 bits per heavy atom. The maximum Gasteiger partial charge on any atom is 1.00 e. The number of sulfonamides is 1. The number of hydrogen-bond acceptors (Lipinski definition) is 2. The molecule has 0 fully saturated rings. The summed E-state index contributed by atoms with van der Waals surface area (Å²) in [6.45, 7) is 4.17. The van der Waals surface area contributed by atoms with Gasteiger partial charge in [-0.1, -0.05) is 31.0 Å². The first-order valence-corrected chi connectivity index (χ1v) is 6.00. The van der Waals surface area contributed by atoms with Gasteiger partial charge >= 0.3 is 18.9 Å². The molecule has 0 aromatic heterocycles. The van der Waals surface area contributed by atoms with Crippen LogP contribution in [-0.4, -0.2) is 15.0 Å². The molecule has 0 atom stereocenters. The zero-order chi connectivity index (χ0) is 10.6. The van der Waals surface area contributed by atoms with Crippen molar-refractivity contribution in [1.29, 1.82) is 0 Å². The van der Waals surface area contributed by atoms with Crippen molar-refractivity contribution in [1.82, 2.24) is 0 Å². The van der Waals surface area contributed by atoms with E-state index in [1.807, 2.05) is 13.8 Å². The maximum atomic E-state index is 11.5. The Hall–Kier alpha value is -0.273. The van der Waals surface area contributed by atoms with Crippen LogP contribution < -0.4 is 18.9 Å². The van der Waals surface area contributed by atoms with Crippen LogP contribution in [0.15, 0.2) is 29.2 Å². The smallest absolute Gasteiger partial charge is 0.545 e. The van der Waals surface area contributed by atoms with Crippen molar-refractivity contribution in [3.63, 3.8) is 0 Å². The summed E-state index contributed by atoms with van der Waals surface area (Å²) in [5.74, 6) is 0. The topological polar surface area (TPSA) is 48.2 Å². The summed E-state index contributed by atoms with van der Waals surface area (Å²) >= 11 is 0. The predicted molar refractivity (Wildman–Crippen MR) is 56.9 cm³/mol. The molecule has 1 rings (SSSR count). The molecule has 0 amide bonds. The molecule has 15 heavy (non-hydrogen) atoms. The third-order valence-electron chi connectivity index (χ3n) is 1.80. The first kappa shape index (κ1) is 14.7. The van der Waals surface area contributed by atoms with Crippen molar-refractivity contribution in [2.75, 3.05) is 6.54 Å². The molecule has 0 saturated carbocycles. The Morgan fingerprint density at radius 2 is 1.73 bits per heavy atom. The van der Waals surface area contributed by atoms with E-state index in [9.17, 15) is 8.42 Å². The minimum absolute atomic E-state index is 0. The Labute approximate surface area is 103 Å². The van der Waals surface area contributed by atoms with Crippen LogP contribution in [0.2, 0.25) is 0 Å². The SMILES string of the molecule is CCC[N-]S(=O)(=O)c1ccc(C)cc1.[Li+]. The summed E-state index contributed by atoms with van der Waals surface area (Å²) < 4.78 is 26.7. The first-order chi connectivity index (χ1) is 6.56. The molecule has 0 N–H and O–H groups in total. The van der Waals surface area contributed by atoms with E-state index in [-0.39, 0.29) is 23.8 Å². The summed E-state index contributed by atoms with van der Waals surface area (Å²) in [5, 5.41) is 0. The molecule has 1 aromatic carbocycles. The summed E-state index contributed by atoms with van der Waals surface area (Å²) in [5.41, 5.74) is 1.04. The third-order valence-corrected chi connectivity index (χ3v) is 3.19. The van der Waals surface area contributed by atoms with Gasteiger partial charge in [0.1, 0.15) is 10.0 Å². The molecule has 0 bridgehead atoms. The third kappa shape index (κ3) is 4.39. The summed E-state index contributed by atoms with van der Waals surface area (Å²) in [7, 11) is -3.41. The van der Waals surface area contributed by atoms with E-state index >= 15 is 0 Å². The molecule has 0 aliphatic carbocycles. The molecular weight excluding hydrogens is 205 g/mol. The summed E-state index contributed by atoms with van der Waals surface area (Å²) in [6.07, 6.45) is 0.741. The molecule has 0 unspecified atom stereocenters. The monoisotopic (exact) mass is 219 g/mol. The van der Waals surface area contributed by atoms with Gasteiger partial charge < -0.3 is 4.72 Å². The second-order valence-electron chi connectivity index (χ2n) is 3.14. The largest absolute Gasteiger partial charge is 1.00 e. The van der Waals surface area contributed by atoms with Crippen LogP contribution in [0.3, 0.4) is 0 Å². The van der Waals surface area contributed by atoms with Gasteiger partial charge in [-0.3, -0.25) is 0 Å². The fraction of sp³-hybridized carbons (Fsp3) is 0.400. The normalized spacial score (nSPS) is 10.8. The molecule has 0 radical (unpaired) electrons. The molecule has 0 aliphatic heterocycles. The number of nitrogens with zero attached hydrogens (tertiary/aromatic N) is 1. The predicted octanol–water partition coefficient (Wildman–Crippen LogP) is -0.529. The standard InChI is InChI=1S/C10H14NO2S.Li/c1-3-8-11-14(12,13)10-6-4-9(2)5-7-10;/h4-7H,3,8H2,1-2H3;/q-1;+1. The Balaban J connectivity index is 0.00000196. The van der Waals surface area contributed by atoms with Crippen molar-refractivity contribution in [2.24, 2.45) is 0 Å². The zero-order valence-electron chi connectivity index (χ0n) is 9.40.